The molecular weight excluding hydrogens is 234 g/mol. The van der Waals surface area contributed by atoms with Gasteiger partial charge in [-0.25, -0.2) is 5.84 Å². The summed E-state index contributed by atoms with van der Waals surface area (Å²) in [6.45, 7) is 2.13. The van der Waals surface area contributed by atoms with Crippen LogP contribution in [-0.2, 0) is 11.3 Å². The highest BCUT2D eigenvalue weighted by Gasteiger charge is 2.30. The molecule has 0 saturated heterocycles. The molecule has 1 heterocycles. The van der Waals surface area contributed by atoms with E-state index in [1.807, 2.05) is 0 Å². The largest absolute Gasteiger partial charge is 0.467 e. The number of methoxy groups -OCH3 is 1. The number of carbonyl (C=O) groups is 1. The summed E-state index contributed by atoms with van der Waals surface area (Å²) < 4.78 is 10.5. The number of hydrogen-bond donors (Lipinski definition) is 2. The zero-order valence-corrected chi connectivity index (χ0v) is 10.5. The molecule has 2 rings (SSSR count). The minimum absolute atomic E-state index is 0.318. The van der Waals surface area contributed by atoms with Crippen LogP contribution in [0.3, 0.4) is 0 Å². The van der Waals surface area contributed by atoms with Gasteiger partial charge < -0.3 is 9.15 Å². The third-order valence-electron chi connectivity index (χ3n) is 3.11. The molecule has 6 nitrogen and oxygen atoms in total. The van der Waals surface area contributed by atoms with Crippen molar-refractivity contribution in [1.82, 2.24) is 10.3 Å². The van der Waals surface area contributed by atoms with E-state index in [1.165, 1.54) is 19.1 Å². The van der Waals surface area contributed by atoms with Crippen LogP contribution in [0.2, 0.25) is 0 Å². The van der Waals surface area contributed by atoms with Crippen LogP contribution < -0.4 is 11.3 Å². The quantitative estimate of drug-likeness (QED) is 0.420. The van der Waals surface area contributed by atoms with E-state index in [9.17, 15) is 4.79 Å². The van der Waals surface area contributed by atoms with E-state index in [0.717, 1.165) is 6.54 Å². The Kier molecular flexibility index (Phi) is 4.35. The van der Waals surface area contributed by atoms with E-state index < -0.39 is 0 Å². The van der Waals surface area contributed by atoms with Crippen LogP contribution >= 0.6 is 0 Å². The van der Waals surface area contributed by atoms with Crippen molar-refractivity contribution < 1.29 is 13.9 Å². The first-order valence-corrected chi connectivity index (χ1v) is 6.06. The predicted octanol–water partition coefficient (Wildman–Crippen LogP) is 0.494. The van der Waals surface area contributed by atoms with Gasteiger partial charge in [-0.1, -0.05) is 0 Å². The van der Waals surface area contributed by atoms with Crippen LogP contribution in [0.15, 0.2) is 16.7 Å². The Hall–Kier alpha value is -1.37. The molecule has 0 spiro atoms. The monoisotopic (exact) mass is 253 g/mol. The number of ether oxygens (including phenoxy) is 1. The molecule has 0 atom stereocenters. The van der Waals surface area contributed by atoms with Crippen molar-refractivity contribution in [1.29, 1.82) is 0 Å². The van der Waals surface area contributed by atoms with E-state index in [2.05, 4.69) is 10.3 Å². The van der Waals surface area contributed by atoms with Gasteiger partial charge in [0.25, 0.3) is 5.91 Å². The Morgan fingerprint density at radius 2 is 2.44 bits per heavy atom. The van der Waals surface area contributed by atoms with Gasteiger partial charge in [-0.05, 0) is 18.9 Å². The van der Waals surface area contributed by atoms with Crippen LogP contribution in [0.1, 0.15) is 29.0 Å². The molecule has 1 amide bonds. The van der Waals surface area contributed by atoms with Crippen molar-refractivity contribution in [3.05, 3.63) is 23.7 Å². The molecule has 0 aliphatic heterocycles. The molecule has 1 aliphatic carbocycles. The van der Waals surface area contributed by atoms with E-state index >= 15 is 0 Å². The molecule has 6 heteroatoms. The maximum atomic E-state index is 11.5. The average molecular weight is 253 g/mol. The maximum absolute atomic E-state index is 11.5. The first-order valence-electron chi connectivity index (χ1n) is 6.06. The SMILES string of the molecule is COCCN(Cc1occc1C(=O)NN)C1CC1. The predicted molar refractivity (Wildman–Crippen MR) is 65.7 cm³/mol. The number of furan rings is 1. The highest BCUT2D eigenvalue weighted by Crippen LogP contribution is 2.28. The first-order chi connectivity index (χ1) is 8.76. The Balaban J connectivity index is 2.01. The number of nitrogens with one attached hydrogen (secondary N) is 1. The lowest BCUT2D eigenvalue weighted by Crippen LogP contribution is -2.32. The van der Waals surface area contributed by atoms with E-state index in [0.29, 0.717) is 30.5 Å². The van der Waals surface area contributed by atoms with Crippen LogP contribution in [0.25, 0.3) is 0 Å². The fourth-order valence-corrected chi connectivity index (χ4v) is 1.97. The third-order valence-corrected chi connectivity index (χ3v) is 3.11. The fourth-order valence-electron chi connectivity index (χ4n) is 1.97. The van der Waals surface area contributed by atoms with Gasteiger partial charge >= 0.3 is 0 Å². The molecule has 100 valence electrons. The van der Waals surface area contributed by atoms with Crippen LogP contribution in [0.5, 0.6) is 0 Å². The number of rotatable bonds is 7. The number of nitrogens with two attached hydrogens (primary N) is 1. The Bertz CT molecular complexity index is 401. The maximum Gasteiger partial charge on any atom is 0.268 e. The first kappa shape index (κ1) is 13.1. The lowest BCUT2D eigenvalue weighted by atomic mass is 10.2. The zero-order valence-electron chi connectivity index (χ0n) is 10.5. The normalized spacial score (nSPS) is 15.1. The summed E-state index contributed by atoms with van der Waals surface area (Å²) >= 11 is 0. The molecule has 3 N–H and O–H groups in total. The van der Waals surface area contributed by atoms with Gasteiger partial charge in [-0.2, -0.15) is 0 Å². The summed E-state index contributed by atoms with van der Waals surface area (Å²) in [6, 6.07) is 2.22. The highest BCUT2D eigenvalue weighted by molar-refractivity contribution is 5.94. The molecule has 1 aliphatic rings. The second-order valence-corrected chi connectivity index (χ2v) is 4.43. The van der Waals surface area contributed by atoms with Gasteiger partial charge in [0.2, 0.25) is 0 Å². The standard InChI is InChI=1S/C12H19N3O3/c1-17-7-5-15(9-2-3-9)8-11-10(4-6-18-11)12(16)14-13/h4,6,9H,2-3,5,7-8,13H2,1H3,(H,14,16). The molecule has 0 aromatic carbocycles. The Morgan fingerprint density at radius 1 is 1.67 bits per heavy atom. The van der Waals surface area contributed by atoms with Crippen LogP contribution in [0, 0.1) is 0 Å². The number of carbonyl (C=O) groups excluding carboxylic acids is 1. The molecular formula is C12H19N3O3. The zero-order chi connectivity index (χ0) is 13.0. The minimum atomic E-state index is -0.318. The highest BCUT2D eigenvalue weighted by atomic mass is 16.5. The summed E-state index contributed by atoms with van der Waals surface area (Å²) in [5, 5.41) is 0. The van der Waals surface area contributed by atoms with Crippen LogP contribution in [0.4, 0.5) is 0 Å². The van der Waals surface area contributed by atoms with Crippen molar-refractivity contribution in [2.24, 2.45) is 5.84 Å². The van der Waals surface area contributed by atoms with Gasteiger partial charge in [0.1, 0.15) is 5.76 Å². The van der Waals surface area contributed by atoms with Crippen molar-refractivity contribution in [2.45, 2.75) is 25.4 Å². The Morgan fingerprint density at radius 3 is 3.06 bits per heavy atom. The summed E-state index contributed by atoms with van der Waals surface area (Å²) in [4.78, 5) is 13.8. The molecule has 1 aromatic rings. The summed E-state index contributed by atoms with van der Waals surface area (Å²) in [6.07, 6.45) is 3.91. The van der Waals surface area contributed by atoms with Gasteiger partial charge in [0.05, 0.1) is 25.0 Å². The van der Waals surface area contributed by atoms with Crippen LogP contribution in [-0.4, -0.2) is 37.1 Å². The van der Waals surface area contributed by atoms with Gasteiger partial charge in [-0.15, -0.1) is 0 Å². The summed E-state index contributed by atoms with van der Waals surface area (Å²) in [7, 11) is 1.69. The van der Waals surface area contributed by atoms with Crippen molar-refractivity contribution in [2.75, 3.05) is 20.3 Å². The number of nitrogen functional groups attached to an aromatic ring is 1. The van der Waals surface area contributed by atoms with Gasteiger partial charge in [0.15, 0.2) is 0 Å². The third kappa shape index (κ3) is 3.10. The fraction of sp³-hybridized carbons (Fsp3) is 0.583. The molecule has 1 aromatic heterocycles. The lowest BCUT2D eigenvalue weighted by Gasteiger charge is -2.20. The number of nitrogens with zero attached hydrogens (tertiary/aromatic N) is 1. The smallest absolute Gasteiger partial charge is 0.268 e. The number of hydrazine groups is 1. The van der Waals surface area contributed by atoms with E-state index in [1.54, 1.807) is 13.2 Å². The molecule has 0 radical (unpaired) electrons. The second-order valence-electron chi connectivity index (χ2n) is 4.43. The number of hydrogen-bond acceptors (Lipinski definition) is 5. The summed E-state index contributed by atoms with van der Waals surface area (Å²) in [5.74, 6) is 5.48. The summed E-state index contributed by atoms with van der Waals surface area (Å²) in [5.41, 5.74) is 2.63. The molecule has 0 bridgehead atoms. The molecule has 0 unspecified atom stereocenters. The lowest BCUT2D eigenvalue weighted by molar-refractivity contribution is 0.0947. The van der Waals surface area contributed by atoms with Crippen molar-refractivity contribution in [3.63, 3.8) is 0 Å². The topological polar surface area (TPSA) is 80.7 Å². The average Bonchev–Trinajstić information content (AvgIpc) is 3.13. The second kappa shape index (κ2) is 5.99. The van der Waals surface area contributed by atoms with E-state index in [4.69, 9.17) is 15.0 Å². The molecule has 1 fully saturated rings. The van der Waals surface area contributed by atoms with Gasteiger partial charge in [0, 0.05) is 19.7 Å². The van der Waals surface area contributed by atoms with Crippen molar-refractivity contribution >= 4 is 5.91 Å². The van der Waals surface area contributed by atoms with Gasteiger partial charge in [-0.3, -0.25) is 15.1 Å². The molecule has 18 heavy (non-hydrogen) atoms. The van der Waals surface area contributed by atoms with E-state index in [-0.39, 0.29) is 5.91 Å². The minimum Gasteiger partial charge on any atom is -0.467 e. The van der Waals surface area contributed by atoms with Crippen molar-refractivity contribution in [3.8, 4) is 0 Å². The number of amides is 1. The molecule has 1 saturated carbocycles. The Labute approximate surface area is 106 Å².